The molecule has 2 rings (SSSR count). The van der Waals surface area contributed by atoms with Crippen molar-refractivity contribution >= 4 is 29.1 Å². The second-order valence-electron chi connectivity index (χ2n) is 6.25. The second-order valence-corrected chi connectivity index (χ2v) is 6.25. The lowest BCUT2D eigenvalue weighted by Crippen LogP contribution is -2.23. The van der Waals surface area contributed by atoms with Crippen molar-refractivity contribution in [2.45, 2.75) is 26.8 Å². The third-order valence-corrected chi connectivity index (χ3v) is 4.08. The molecule has 1 amide bonds. The van der Waals surface area contributed by atoms with Crippen molar-refractivity contribution in [2.75, 3.05) is 6.61 Å². The molecule has 0 saturated heterocycles. The van der Waals surface area contributed by atoms with Gasteiger partial charge in [0.15, 0.2) is 5.96 Å². The molecule has 0 aromatic heterocycles. The van der Waals surface area contributed by atoms with Gasteiger partial charge in [0.25, 0.3) is 5.91 Å². The van der Waals surface area contributed by atoms with Crippen molar-refractivity contribution in [3.63, 3.8) is 0 Å². The number of amides is 1. The van der Waals surface area contributed by atoms with Gasteiger partial charge in [0.2, 0.25) is 0 Å². The average molecular weight is 394 g/mol. The summed E-state index contributed by atoms with van der Waals surface area (Å²) in [5.74, 6) is -0.661. The first-order valence-electron chi connectivity index (χ1n) is 9.37. The topological polar surface area (TPSA) is 120 Å². The van der Waals surface area contributed by atoms with Gasteiger partial charge < -0.3 is 21.5 Å². The Morgan fingerprint density at radius 1 is 1.07 bits per heavy atom. The number of hydrogen-bond acceptors (Lipinski definition) is 4. The molecule has 0 bridgehead atoms. The molecule has 0 aliphatic heterocycles. The molecule has 0 aliphatic carbocycles. The molecule has 7 heteroatoms. The summed E-state index contributed by atoms with van der Waals surface area (Å²) in [4.78, 5) is 28.2. The van der Waals surface area contributed by atoms with Crippen LogP contribution in [0.25, 0.3) is 5.57 Å². The molecule has 0 fully saturated rings. The maximum atomic E-state index is 12.5. The number of nitrogens with one attached hydrogen (secondary N) is 1. The van der Waals surface area contributed by atoms with Crippen LogP contribution in [0.3, 0.4) is 0 Å². The molecular weight excluding hydrogens is 368 g/mol. The molecule has 0 radical (unpaired) electrons. The van der Waals surface area contributed by atoms with Crippen LogP contribution < -0.4 is 16.8 Å². The van der Waals surface area contributed by atoms with Crippen LogP contribution in [0.2, 0.25) is 0 Å². The van der Waals surface area contributed by atoms with Crippen molar-refractivity contribution in [2.24, 2.45) is 16.5 Å². The number of hydrogen-bond donors (Lipinski definition) is 3. The van der Waals surface area contributed by atoms with Gasteiger partial charge in [-0.1, -0.05) is 31.2 Å². The van der Waals surface area contributed by atoms with Crippen molar-refractivity contribution in [3.05, 3.63) is 71.3 Å². The van der Waals surface area contributed by atoms with Gasteiger partial charge >= 0.3 is 5.97 Å². The predicted molar refractivity (Wildman–Crippen MR) is 114 cm³/mol. The minimum absolute atomic E-state index is 0.0676. The standard InChI is InChI=1S/C22H26N4O3/c1-3-16(13-20(27)29-4-2)17-8-5-7-15(11-17)14-25-21(28)18-9-6-10-19(12-18)26-22(23)24/h5-13H,3-4,14H2,1-2H3,(H,25,28)(H4,23,24,26)/b16-13+. The van der Waals surface area contributed by atoms with E-state index in [1.54, 1.807) is 31.2 Å². The number of guanidine groups is 1. The van der Waals surface area contributed by atoms with E-state index >= 15 is 0 Å². The molecule has 0 saturated carbocycles. The summed E-state index contributed by atoms with van der Waals surface area (Å²) in [5, 5.41) is 2.88. The van der Waals surface area contributed by atoms with Gasteiger partial charge in [0.1, 0.15) is 0 Å². The fourth-order valence-electron chi connectivity index (χ4n) is 2.75. The molecule has 152 valence electrons. The van der Waals surface area contributed by atoms with Crippen LogP contribution in [0, 0.1) is 0 Å². The summed E-state index contributed by atoms with van der Waals surface area (Å²) in [6.07, 6.45) is 2.20. The van der Waals surface area contributed by atoms with Gasteiger partial charge in [-0.15, -0.1) is 0 Å². The maximum absolute atomic E-state index is 12.5. The van der Waals surface area contributed by atoms with E-state index in [2.05, 4.69) is 10.3 Å². The van der Waals surface area contributed by atoms with Crippen molar-refractivity contribution in [3.8, 4) is 0 Å². The number of aliphatic imine (C=N–C) groups is 1. The largest absolute Gasteiger partial charge is 0.463 e. The Bertz CT molecular complexity index is 931. The summed E-state index contributed by atoms with van der Waals surface area (Å²) in [6, 6.07) is 14.4. The highest BCUT2D eigenvalue weighted by molar-refractivity contribution is 5.95. The van der Waals surface area contributed by atoms with E-state index in [4.69, 9.17) is 16.2 Å². The lowest BCUT2D eigenvalue weighted by molar-refractivity contribution is -0.137. The fraction of sp³-hybridized carbons (Fsp3) is 0.227. The molecule has 5 N–H and O–H groups in total. The molecule has 7 nitrogen and oxygen atoms in total. The minimum atomic E-state index is -0.358. The number of benzene rings is 2. The Balaban J connectivity index is 2.10. The molecule has 0 spiro atoms. The molecule has 2 aromatic rings. The Morgan fingerprint density at radius 2 is 1.79 bits per heavy atom. The van der Waals surface area contributed by atoms with Gasteiger partial charge in [0.05, 0.1) is 12.3 Å². The van der Waals surface area contributed by atoms with E-state index in [0.717, 1.165) is 16.7 Å². The van der Waals surface area contributed by atoms with E-state index in [1.807, 2.05) is 31.2 Å². The molecule has 0 unspecified atom stereocenters. The zero-order valence-corrected chi connectivity index (χ0v) is 16.6. The third kappa shape index (κ3) is 6.80. The van der Waals surface area contributed by atoms with Crippen LogP contribution in [-0.4, -0.2) is 24.4 Å². The summed E-state index contributed by atoms with van der Waals surface area (Å²) < 4.78 is 4.99. The van der Waals surface area contributed by atoms with Crippen molar-refractivity contribution < 1.29 is 14.3 Å². The quantitative estimate of drug-likeness (QED) is 0.275. The highest BCUT2D eigenvalue weighted by Crippen LogP contribution is 2.20. The zero-order valence-electron chi connectivity index (χ0n) is 16.6. The smallest absolute Gasteiger partial charge is 0.331 e. The number of ether oxygens (including phenoxy) is 1. The van der Waals surface area contributed by atoms with Gasteiger partial charge in [0, 0.05) is 18.2 Å². The van der Waals surface area contributed by atoms with E-state index in [-0.39, 0.29) is 17.8 Å². The second kappa shape index (κ2) is 10.7. The van der Waals surface area contributed by atoms with Gasteiger partial charge in [-0.3, -0.25) is 4.79 Å². The van der Waals surface area contributed by atoms with Gasteiger partial charge in [-0.05, 0) is 54.3 Å². The van der Waals surface area contributed by atoms with E-state index in [0.29, 0.717) is 30.8 Å². The minimum Gasteiger partial charge on any atom is -0.463 e. The summed E-state index contributed by atoms with van der Waals surface area (Å²) >= 11 is 0. The van der Waals surface area contributed by atoms with E-state index in [9.17, 15) is 9.59 Å². The molecule has 0 heterocycles. The summed E-state index contributed by atoms with van der Waals surface area (Å²) in [6.45, 7) is 4.43. The Morgan fingerprint density at radius 3 is 2.48 bits per heavy atom. The van der Waals surface area contributed by atoms with Crippen LogP contribution in [0.1, 0.15) is 41.8 Å². The zero-order chi connectivity index (χ0) is 21.2. The predicted octanol–water partition coefficient (Wildman–Crippen LogP) is 2.88. The first-order valence-corrected chi connectivity index (χ1v) is 9.37. The average Bonchev–Trinajstić information content (AvgIpc) is 2.70. The molecular formula is C22H26N4O3. The highest BCUT2D eigenvalue weighted by Gasteiger charge is 2.08. The summed E-state index contributed by atoms with van der Waals surface area (Å²) in [7, 11) is 0. The Labute approximate surface area is 170 Å². The normalized spacial score (nSPS) is 10.9. The Hall–Kier alpha value is -3.61. The molecule has 29 heavy (non-hydrogen) atoms. The number of esters is 1. The molecule has 2 aromatic carbocycles. The van der Waals surface area contributed by atoms with E-state index in [1.165, 1.54) is 6.08 Å². The van der Waals surface area contributed by atoms with Gasteiger partial charge in [-0.25, -0.2) is 9.79 Å². The van der Waals surface area contributed by atoms with Crippen LogP contribution in [0.5, 0.6) is 0 Å². The maximum Gasteiger partial charge on any atom is 0.331 e. The van der Waals surface area contributed by atoms with Crippen LogP contribution >= 0.6 is 0 Å². The monoisotopic (exact) mass is 394 g/mol. The lowest BCUT2D eigenvalue weighted by atomic mass is 10.0. The summed E-state index contributed by atoms with van der Waals surface area (Å²) in [5.41, 5.74) is 14.4. The number of carbonyl (C=O) groups excluding carboxylic acids is 2. The van der Waals surface area contributed by atoms with Crippen LogP contribution in [0.15, 0.2) is 59.6 Å². The number of carbonyl (C=O) groups is 2. The van der Waals surface area contributed by atoms with Gasteiger partial charge in [-0.2, -0.15) is 0 Å². The number of rotatable bonds is 8. The molecule has 0 aliphatic rings. The fourth-order valence-corrected chi connectivity index (χ4v) is 2.75. The van der Waals surface area contributed by atoms with Crippen LogP contribution in [-0.2, 0) is 16.1 Å². The lowest BCUT2D eigenvalue weighted by Gasteiger charge is -2.10. The Kier molecular flexibility index (Phi) is 7.97. The molecule has 0 atom stereocenters. The number of allylic oxidation sites excluding steroid dienone is 1. The van der Waals surface area contributed by atoms with Crippen LogP contribution in [0.4, 0.5) is 5.69 Å². The third-order valence-electron chi connectivity index (χ3n) is 4.08. The number of nitrogens with two attached hydrogens (primary N) is 2. The SMILES string of the molecule is CCOC(=O)/C=C(\CC)c1cccc(CNC(=O)c2cccc(N=C(N)N)c2)c1. The highest BCUT2D eigenvalue weighted by atomic mass is 16.5. The van der Waals surface area contributed by atoms with E-state index < -0.39 is 0 Å². The van der Waals surface area contributed by atoms with Crippen molar-refractivity contribution in [1.82, 2.24) is 5.32 Å². The number of nitrogens with zero attached hydrogens (tertiary/aromatic N) is 1. The van der Waals surface area contributed by atoms with Crippen molar-refractivity contribution in [1.29, 1.82) is 0 Å². The first-order chi connectivity index (χ1) is 13.9. The first kappa shape index (κ1) is 21.7.